The molecule has 1 aliphatic heterocycles. The van der Waals surface area contributed by atoms with E-state index in [-0.39, 0.29) is 6.10 Å². The summed E-state index contributed by atoms with van der Waals surface area (Å²) in [5.41, 5.74) is 0. The molecule has 17 heavy (non-hydrogen) atoms. The molecule has 1 aliphatic rings. The fourth-order valence-corrected chi connectivity index (χ4v) is 2.33. The summed E-state index contributed by atoms with van der Waals surface area (Å²) in [4.78, 5) is 14.1. The van der Waals surface area contributed by atoms with Gasteiger partial charge in [0.2, 0.25) is 5.91 Å². The number of ether oxygens (including phenoxy) is 1. The summed E-state index contributed by atoms with van der Waals surface area (Å²) in [6.07, 6.45) is 6.61. The van der Waals surface area contributed by atoms with Crippen molar-refractivity contribution in [3.8, 4) is 0 Å². The maximum Gasteiger partial charge on any atom is 0.222 e. The quantitative estimate of drug-likeness (QED) is 0.693. The fraction of sp³-hybridized carbons (Fsp3) is 0.929. The Kier molecular flexibility index (Phi) is 6.56. The van der Waals surface area contributed by atoms with Crippen LogP contribution >= 0.6 is 0 Å². The summed E-state index contributed by atoms with van der Waals surface area (Å²) in [6.45, 7) is 7.88. The van der Waals surface area contributed by atoms with Crippen LogP contribution in [0.3, 0.4) is 0 Å². The Morgan fingerprint density at radius 1 is 1.35 bits per heavy atom. The molecule has 0 saturated carbocycles. The number of likely N-dealkylation sites (tertiary alicyclic amines) is 1. The number of hydrogen-bond donors (Lipinski definition) is 0. The third kappa shape index (κ3) is 5.53. The molecule has 3 nitrogen and oxygen atoms in total. The molecule has 0 aromatic rings. The second-order valence-electron chi connectivity index (χ2n) is 5.31. The highest BCUT2D eigenvalue weighted by molar-refractivity contribution is 5.76. The third-order valence-electron chi connectivity index (χ3n) is 3.36. The normalized spacial score (nSPS) is 21.6. The minimum Gasteiger partial charge on any atom is -0.379 e. The molecule has 0 spiro atoms. The molecule has 100 valence electrons. The van der Waals surface area contributed by atoms with Crippen molar-refractivity contribution in [2.75, 3.05) is 13.2 Å². The predicted octanol–water partition coefficient (Wildman–Crippen LogP) is 2.98. The average Bonchev–Trinajstić information content (AvgIpc) is 2.48. The van der Waals surface area contributed by atoms with E-state index in [0.717, 1.165) is 19.4 Å². The van der Waals surface area contributed by atoms with Crippen molar-refractivity contribution < 1.29 is 9.53 Å². The Morgan fingerprint density at radius 2 is 2.12 bits per heavy atom. The molecule has 0 radical (unpaired) electrons. The van der Waals surface area contributed by atoms with E-state index in [1.165, 1.54) is 19.3 Å². The molecule has 0 bridgehead atoms. The van der Waals surface area contributed by atoms with Crippen LogP contribution in [0.25, 0.3) is 0 Å². The zero-order valence-corrected chi connectivity index (χ0v) is 11.6. The van der Waals surface area contributed by atoms with Crippen molar-refractivity contribution in [1.82, 2.24) is 4.90 Å². The monoisotopic (exact) mass is 241 g/mol. The van der Waals surface area contributed by atoms with Crippen LogP contribution in [0.15, 0.2) is 0 Å². The molecule has 1 atom stereocenters. The fourth-order valence-electron chi connectivity index (χ4n) is 2.33. The first-order valence-corrected chi connectivity index (χ1v) is 7.02. The molecule has 1 unspecified atom stereocenters. The topological polar surface area (TPSA) is 29.5 Å². The molecular formula is C14H27NO2. The molecule has 1 heterocycles. The zero-order chi connectivity index (χ0) is 12.7. The van der Waals surface area contributed by atoms with Gasteiger partial charge in [0, 0.05) is 25.6 Å². The highest BCUT2D eigenvalue weighted by Crippen LogP contribution is 2.17. The lowest BCUT2D eigenvalue weighted by Crippen LogP contribution is -2.38. The highest BCUT2D eigenvalue weighted by atomic mass is 16.5. The number of hydrogen-bond acceptors (Lipinski definition) is 2. The first-order valence-electron chi connectivity index (χ1n) is 7.02. The first-order chi connectivity index (χ1) is 8.11. The average molecular weight is 241 g/mol. The van der Waals surface area contributed by atoms with Gasteiger partial charge in [-0.15, -0.1) is 0 Å². The Hall–Kier alpha value is -0.570. The third-order valence-corrected chi connectivity index (χ3v) is 3.36. The maximum atomic E-state index is 12.1. The van der Waals surface area contributed by atoms with Crippen molar-refractivity contribution in [3.05, 3.63) is 0 Å². The molecule has 0 aromatic heterocycles. The van der Waals surface area contributed by atoms with Gasteiger partial charge in [-0.25, -0.2) is 0 Å². The lowest BCUT2D eigenvalue weighted by molar-refractivity contribution is -0.133. The Bertz CT molecular complexity index is 228. The van der Waals surface area contributed by atoms with Crippen LogP contribution in [0, 0.1) is 0 Å². The van der Waals surface area contributed by atoms with Gasteiger partial charge in [-0.05, 0) is 40.0 Å². The number of rotatable bonds is 5. The Balaban J connectivity index is 2.25. The SMILES string of the molecule is CC(C)OCCCC(=O)N1CCCCCC1C. The van der Waals surface area contributed by atoms with Crippen molar-refractivity contribution >= 4 is 5.91 Å². The van der Waals surface area contributed by atoms with Crippen LogP contribution in [0.1, 0.15) is 59.3 Å². The van der Waals surface area contributed by atoms with Gasteiger partial charge in [-0.2, -0.15) is 0 Å². The van der Waals surface area contributed by atoms with E-state index in [1.54, 1.807) is 0 Å². The first kappa shape index (κ1) is 14.5. The Morgan fingerprint density at radius 3 is 2.82 bits per heavy atom. The number of amides is 1. The standard InChI is InChI=1S/C14H27NO2/c1-12(2)17-11-7-9-14(16)15-10-6-4-5-8-13(15)3/h12-13H,4-11H2,1-3H3. The largest absolute Gasteiger partial charge is 0.379 e. The molecular weight excluding hydrogens is 214 g/mol. The number of nitrogens with zero attached hydrogens (tertiary/aromatic N) is 1. The van der Waals surface area contributed by atoms with Crippen molar-refractivity contribution in [3.63, 3.8) is 0 Å². The van der Waals surface area contributed by atoms with Gasteiger partial charge in [0.1, 0.15) is 0 Å². The van der Waals surface area contributed by atoms with E-state index in [1.807, 2.05) is 13.8 Å². The van der Waals surface area contributed by atoms with Gasteiger partial charge in [-0.1, -0.05) is 12.8 Å². The number of carbonyl (C=O) groups excluding carboxylic acids is 1. The second-order valence-corrected chi connectivity index (χ2v) is 5.31. The molecule has 1 amide bonds. The van der Waals surface area contributed by atoms with Crippen LogP contribution in [-0.2, 0) is 9.53 Å². The Labute approximate surface area is 106 Å². The second kappa shape index (κ2) is 7.70. The lowest BCUT2D eigenvalue weighted by Gasteiger charge is -2.27. The van der Waals surface area contributed by atoms with Gasteiger partial charge in [0.05, 0.1) is 6.10 Å². The minimum atomic E-state index is 0.266. The van der Waals surface area contributed by atoms with Crippen LogP contribution < -0.4 is 0 Å². The van der Waals surface area contributed by atoms with E-state index < -0.39 is 0 Å². The molecule has 0 N–H and O–H groups in total. The van der Waals surface area contributed by atoms with Crippen LogP contribution in [0.5, 0.6) is 0 Å². The van der Waals surface area contributed by atoms with Crippen LogP contribution in [0.4, 0.5) is 0 Å². The zero-order valence-electron chi connectivity index (χ0n) is 11.6. The van der Waals surface area contributed by atoms with E-state index in [2.05, 4.69) is 11.8 Å². The van der Waals surface area contributed by atoms with Crippen molar-refractivity contribution in [2.45, 2.75) is 71.4 Å². The van der Waals surface area contributed by atoms with Crippen LogP contribution in [-0.4, -0.2) is 36.1 Å². The summed E-state index contributed by atoms with van der Waals surface area (Å²) < 4.78 is 5.46. The van der Waals surface area contributed by atoms with E-state index in [0.29, 0.717) is 25.0 Å². The molecule has 1 saturated heterocycles. The van der Waals surface area contributed by atoms with E-state index >= 15 is 0 Å². The highest BCUT2D eigenvalue weighted by Gasteiger charge is 2.21. The summed E-state index contributed by atoms with van der Waals surface area (Å²) >= 11 is 0. The van der Waals surface area contributed by atoms with Gasteiger partial charge >= 0.3 is 0 Å². The predicted molar refractivity (Wildman–Crippen MR) is 70.0 cm³/mol. The molecule has 1 rings (SSSR count). The summed E-state index contributed by atoms with van der Waals surface area (Å²) in [6, 6.07) is 0.427. The summed E-state index contributed by atoms with van der Waals surface area (Å²) in [7, 11) is 0. The molecule has 0 aliphatic carbocycles. The van der Waals surface area contributed by atoms with Gasteiger partial charge in [-0.3, -0.25) is 4.79 Å². The van der Waals surface area contributed by atoms with Gasteiger partial charge < -0.3 is 9.64 Å². The smallest absolute Gasteiger partial charge is 0.222 e. The van der Waals surface area contributed by atoms with Crippen LogP contribution in [0.2, 0.25) is 0 Å². The summed E-state index contributed by atoms with van der Waals surface area (Å²) in [5.74, 6) is 0.312. The van der Waals surface area contributed by atoms with Crippen molar-refractivity contribution in [2.24, 2.45) is 0 Å². The van der Waals surface area contributed by atoms with Gasteiger partial charge in [0.15, 0.2) is 0 Å². The molecule has 3 heteroatoms. The lowest BCUT2D eigenvalue weighted by atomic mass is 10.1. The van der Waals surface area contributed by atoms with E-state index in [9.17, 15) is 4.79 Å². The number of carbonyl (C=O) groups is 1. The minimum absolute atomic E-state index is 0.266. The molecule has 0 aromatic carbocycles. The maximum absolute atomic E-state index is 12.1. The molecule has 1 fully saturated rings. The van der Waals surface area contributed by atoms with Gasteiger partial charge in [0.25, 0.3) is 0 Å². The van der Waals surface area contributed by atoms with Crippen molar-refractivity contribution in [1.29, 1.82) is 0 Å². The van der Waals surface area contributed by atoms with E-state index in [4.69, 9.17) is 4.74 Å². The summed E-state index contributed by atoms with van der Waals surface area (Å²) in [5, 5.41) is 0.